The van der Waals surface area contributed by atoms with Crippen molar-refractivity contribution in [2.75, 3.05) is 6.61 Å². The number of carbonyl (C=O) groups is 2. The van der Waals surface area contributed by atoms with Crippen molar-refractivity contribution in [3.8, 4) is 0 Å². The number of benzene rings is 1. The molecule has 1 heterocycles. The molecule has 2 rings (SSSR count). The van der Waals surface area contributed by atoms with E-state index in [1.54, 1.807) is 0 Å². The molecule has 2 N–H and O–H groups in total. The van der Waals surface area contributed by atoms with Gasteiger partial charge in [-0.2, -0.15) is 0 Å². The second kappa shape index (κ2) is 10.7. The molecule has 0 saturated carbocycles. The summed E-state index contributed by atoms with van der Waals surface area (Å²) in [6.07, 6.45) is -5.02. The predicted octanol–water partition coefficient (Wildman–Crippen LogP) is 2.24. The summed E-state index contributed by atoms with van der Waals surface area (Å²) >= 11 is 0. The van der Waals surface area contributed by atoms with E-state index in [2.05, 4.69) is 19.6 Å². The van der Waals surface area contributed by atoms with E-state index in [0.717, 1.165) is 5.56 Å². The Balaban J connectivity index is 2.23. The Morgan fingerprint density at radius 1 is 1.10 bits per heavy atom. The summed E-state index contributed by atoms with van der Waals surface area (Å²) in [6.45, 7) is 9.02. The zero-order chi connectivity index (χ0) is 23.2. The van der Waals surface area contributed by atoms with E-state index < -0.39 is 50.2 Å². The molecule has 0 aromatic heterocycles. The summed E-state index contributed by atoms with van der Waals surface area (Å²) in [5.74, 6) is -1.33. The van der Waals surface area contributed by atoms with Gasteiger partial charge >= 0.3 is 11.9 Å². The minimum atomic E-state index is -1.70. The van der Waals surface area contributed by atoms with Crippen LogP contribution in [-0.4, -0.2) is 67.0 Å². The molecule has 1 unspecified atom stereocenters. The Hall–Kier alpha value is -1.78. The first-order valence-electron chi connectivity index (χ1n) is 10.4. The zero-order valence-corrected chi connectivity index (χ0v) is 19.9. The van der Waals surface area contributed by atoms with Crippen molar-refractivity contribution in [3.63, 3.8) is 0 Å². The highest BCUT2D eigenvalue weighted by Gasteiger charge is 2.60. The average molecular weight is 455 g/mol. The summed E-state index contributed by atoms with van der Waals surface area (Å²) < 4.78 is 22.2. The van der Waals surface area contributed by atoms with Crippen LogP contribution in [0.15, 0.2) is 30.3 Å². The highest BCUT2D eigenvalue weighted by molar-refractivity contribution is 6.76. The molecule has 1 aliphatic rings. The van der Waals surface area contributed by atoms with Gasteiger partial charge < -0.3 is 29.2 Å². The summed E-state index contributed by atoms with van der Waals surface area (Å²) in [5.41, 5.74) is -0.762. The molecule has 0 spiro atoms. The van der Waals surface area contributed by atoms with Gasteiger partial charge in [-0.25, -0.2) is 0 Å². The molecule has 1 aromatic rings. The lowest BCUT2D eigenvalue weighted by Crippen LogP contribution is -2.69. The van der Waals surface area contributed by atoms with Gasteiger partial charge in [0, 0.05) is 21.9 Å². The molecule has 1 fully saturated rings. The average Bonchev–Trinajstić information content (AvgIpc) is 2.67. The van der Waals surface area contributed by atoms with Crippen molar-refractivity contribution >= 4 is 20.0 Å². The van der Waals surface area contributed by atoms with E-state index in [0.29, 0.717) is 6.04 Å². The molecule has 0 bridgehead atoms. The van der Waals surface area contributed by atoms with E-state index in [4.69, 9.17) is 18.9 Å². The van der Waals surface area contributed by atoms with Crippen LogP contribution in [0.5, 0.6) is 0 Å². The number of ether oxygens (including phenoxy) is 4. The van der Waals surface area contributed by atoms with Crippen LogP contribution in [-0.2, 0) is 35.1 Å². The Morgan fingerprint density at radius 2 is 1.74 bits per heavy atom. The summed E-state index contributed by atoms with van der Waals surface area (Å²) in [5, 5.41) is 21.9. The Kier molecular flexibility index (Phi) is 8.79. The number of aliphatic hydroxyl groups is 2. The van der Waals surface area contributed by atoms with Gasteiger partial charge in [0.2, 0.25) is 5.60 Å². The minimum absolute atomic E-state index is 0.0466. The quantitative estimate of drug-likeness (QED) is 0.432. The van der Waals surface area contributed by atoms with Crippen molar-refractivity contribution in [1.29, 1.82) is 0 Å². The van der Waals surface area contributed by atoms with Crippen LogP contribution in [0.25, 0.3) is 0 Å². The highest BCUT2D eigenvalue weighted by Crippen LogP contribution is 2.39. The Morgan fingerprint density at radius 3 is 2.29 bits per heavy atom. The number of hydrogen-bond donors (Lipinski definition) is 2. The van der Waals surface area contributed by atoms with Crippen LogP contribution >= 0.6 is 0 Å². The smallest absolute Gasteiger partial charge is 0.303 e. The lowest BCUT2D eigenvalue weighted by atomic mass is 9.83. The largest absolute Gasteiger partial charge is 0.455 e. The first-order valence-corrected chi connectivity index (χ1v) is 14.2. The lowest BCUT2D eigenvalue weighted by molar-refractivity contribution is -0.335. The standard InChI is InChI=1S/C22H34O8Si/c1-15(23)28-20-19(25)18(14-27-13-17-9-7-6-8-10-17)29-21(26)22(20,30-16(2)24)11-12-31(3,4)5/h6-10,18-21,25-26H,11-14H2,1-5H3/t18-,19+,20+,21?,22-/m1/s1. The number of carbonyl (C=O) groups excluding carboxylic acids is 2. The molecule has 1 aromatic carbocycles. The molecule has 31 heavy (non-hydrogen) atoms. The molecule has 5 atom stereocenters. The van der Waals surface area contributed by atoms with Crippen molar-refractivity contribution in [2.45, 2.75) is 82.8 Å². The number of rotatable bonds is 9. The fourth-order valence-corrected chi connectivity index (χ4v) is 4.74. The molecular weight excluding hydrogens is 420 g/mol. The van der Waals surface area contributed by atoms with Gasteiger partial charge in [-0.3, -0.25) is 9.59 Å². The SMILES string of the molecule is CC(=O)O[C@H]1[C@@H](O)[C@@H](COCc2ccccc2)OC(O)[C@]1(CC[Si](C)(C)C)OC(C)=O. The summed E-state index contributed by atoms with van der Waals surface area (Å²) in [4.78, 5) is 23.7. The molecule has 9 heteroatoms. The predicted molar refractivity (Wildman–Crippen MR) is 116 cm³/mol. The molecule has 0 aliphatic carbocycles. The molecule has 174 valence electrons. The summed E-state index contributed by atoms with van der Waals surface area (Å²) in [6, 6.07) is 10.1. The van der Waals surface area contributed by atoms with Gasteiger partial charge in [0.1, 0.15) is 12.2 Å². The molecule has 0 radical (unpaired) electrons. The van der Waals surface area contributed by atoms with Crippen LogP contribution in [0.1, 0.15) is 25.8 Å². The van der Waals surface area contributed by atoms with Gasteiger partial charge in [0.15, 0.2) is 12.4 Å². The lowest BCUT2D eigenvalue weighted by Gasteiger charge is -2.50. The van der Waals surface area contributed by atoms with Crippen LogP contribution < -0.4 is 0 Å². The van der Waals surface area contributed by atoms with Crippen LogP contribution in [0.4, 0.5) is 0 Å². The Labute approximate surface area is 184 Å². The fraction of sp³-hybridized carbons (Fsp3) is 0.636. The third-order valence-electron chi connectivity index (χ3n) is 5.18. The molecule has 0 amide bonds. The molecule has 1 aliphatic heterocycles. The van der Waals surface area contributed by atoms with E-state index >= 15 is 0 Å². The molecule has 8 nitrogen and oxygen atoms in total. The van der Waals surface area contributed by atoms with Gasteiger partial charge in [-0.1, -0.05) is 56.0 Å². The Bertz CT molecular complexity index is 735. The van der Waals surface area contributed by atoms with Crippen LogP contribution in [0.3, 0.4) is 0 Å². The minimum Gasteiger partial charge on any atom is -0.455 e. The maximum Gasteiger partial charge on any atom is 0.303 e. The number of hydrogen-bond acceptors (Lipinski definition) is 8. The first kappa shape index (κ1) is 25.5. The fourth-order valence-electron chi connectivity index (χ4n) is 3.60. The monoisotopic (exact) mass is 454 g/mol. The van der Waals surface area contributed by atoms with Crippen molar-refractivity contribution in [1.82, 2.24) is 0 Å². The van der Waals surface area contributed by atoms with Crippen molar-refractivity contribution < 1.29 is 38.7 Å². The third-order valence-corrected chi connectivity index (χ3v) is 6.93. The van der Waals surface area contributed by atoms with Crippen LogP contribution in [0.2, 0.25) is 25.7 Å². The summed E-state index contributed by atoms with van der Waals surface area (Å²) in [7, 11) is -1.64. The van der Waals surface area contributed by atoms with Gasteiger partial charge in [0.05, 0.1) is 13.2 Å². The van der Waals surface area contributed by atoms with Gasteiger partial charge in [-0.05, 0) is 12.0 Å². The maximum absolute atomic E-state index is 11.9. The van der Waals surface area contributed by atoms with Crippen LogP contribution in [0, 0.1) is 0 Å². The molecule has 1 saturated heterocycles. The maximum atomic E-state index is 11.9. The van der Waals surface area contributed by atoms with Crippen molar-refractivity contribution in [3.05, 3.63) is 35.9 Å². The zero-order valence-electron chi connectivity index (χ0n) is 18.9. The second-order valence-corrected chi connectivity index (χ2v) is 14.8. The topological polar surface area (TPSA) is 112 Å². The number of esters is 2. The second-order valence-electron chi connectivity index (χ2n) is 9.16. The highest BCUT2D eigenvalue weighted by atomic mass is 28.3. The van der Waals surface area contributed by atoms with E-state index in [1.807, 2.05) is 30.3 Å². The first-order chi connectivity index (χ1) is 14.4. The van der Waals surface area contributed by atoms with Gasteiger partial charge in [0.25, 0.3) is 0 Å². The third kappa shape index (κ3) is 7.11. The van der Waals surface area contributed by atoms with E-state index in [1.165, 1.54) is 13.8 Å². The van der Waals surface area contributed by atoms with E-state index in [-0.39, 0.29) is 19.6 Å². The normalized spacial score (nSPS) is 28.7. The van der Waals surface area contributed by atoms with Gasteiger partial charge in [-0.15, -0.1) is 0 Å². The molecular formula is C22H34O8Si. The van der Waals surface area contributed by atoms with E-state index in [9.17, 15) is 19.8 Å². The number of aliphatic hydroxyl groups excluding tert-OH is 2. The van der Waals surface area contributed by atoms with Crippen molar-refractivity contribution in [2.24, 2.45) is 0 Å².